The van der Waals surface area contributed by atoms with Crippen LogP contribution in [0, 0.1) is 6.92 Å². The van der Waals surface area contributed by atoms with Crippen LogP contribution in [0.4, 0.5) is 0 Å². The van der Waals surface area contributed by atoms with E-state index in [2.05, 4.69) is 4.98 Å². The monoisotopic (exact) mass is 322 g/mol. The molecule has 0 unspecified atom stereocenters. The third-order valence-electron chi connectivity index (χ3n) is 4.03. The van der Waals surface area contributed by atoms with Gasteiger partial charge in [0.05, 0.1) is 5.56 Å². The molecule has 0 saturated carbocycles. The van der Waals surface area contributed by atoms with Crippen molar-refractivity contribution in [2.24, 2.45) is 5.73 Å². The summed E-state index contributed by atoms with van der Waals surface area (Å²) in [6, 6.07) is 12.5. The first kappa shape index (κ1) is 15.8. The number of furan rings is 1. The molecule has 5 nitrogen and oxygen atoms in total. The van der Waals surface area contributed by atoms with Gasteiger partial charge in [-0.05, 0) is 37.6 Å². The largest absolute Gasteiger partial charge is 0.456 e. The lowest BCUT2D eigenvalue weighted by Crippen LogP contribution is -2.13. The lowest BCUT2D eigenvalue weighted by Gasteiger charge is -2.06. The quantitative estimate of drug-likeness (QED) is 0.772. The van der Waals surface area contributed by atoms with Crippen LogP contribution in [-0.2, 0) is 6.42 Å². The number of aromatic amines is 1. The molecule has 3 N–H and O–H groups in total. The molecule has 1 amide bonds. The number of nitrogens with two attached hydrogens (primary N) is 1. The molecule has 0 fully saturated rings. The summed E-state index contributed by atoms with van der Waals surface area (Å²) in [5.74, 6) is 0.688. The van der Waals surface area contributed by atoms with Crippen LogP contribution in [0.2, 0.25) is 0 Å². The van der Waals surface area contributed by atoms with Crippen molar-refractivity contribution in [1.29, 1.82) is 0 Å². The van der Waals surface area contributed by atoms with Crippen molar-refractivity contribution in [3.05, 3.63) is 69.6 Å². The molecular weight excluding hydrogens is 304 g/mol. The average molecular weight is 322 g/mol. The van der Waals surface area contributed by atoms with Gasteiger partial charge in [0.1, 0.15) is 11.5 Å². The Hall–Kier alpha value is -3.08. The zero-order valence-electron chi connectivity index (χ0n) is 13.6. The average Bonchev–Trinajstić information content (AvgIpc) is 3.04. The third-order valence-corrected chi connectivity index (χ3v) is 4.03. The van der Waals surface area contributed by atoms with Crippen molar-refractivity contribution in [3.63, 3.8) is 0 Å². The molecule has 0 aliphatic carbocycles. The maximum atomic E-state index is 11.9. The third kappa shape index (κ3) is 2.76. The van der Waals surface area contributed by atoms with E-state index in [0.29, 0.717) is 34.6 Å². The number of carbonyl (C=O) groups excluding carboxylic acids is 1. The second kappa shape index (κ2) is 6.20. The summed E-state index contributed by atoms with van der Waals surface area (Å²) in [6.07, 6.45) is 0.640. The number of amides is 1. The van der Waals surface area contributed by atoms with Gasteiger partial charge in [-0.25, -0.2) is 0 Å². The second-order valence-electron chi connectivity index (χ2n) is 5.59. The molecule has 0 aliphatic rings. The van der Waals surface area contributed by atoms with Gasteiger partial charge in [0.25, 0.3) is 5.56 Å². The minimum Gasteiger partial charge on any atom is -0.456 e. The highest BCUT2D eigenvalue weighted by molar-refractivity contribution is 5.99. The first-order chi connectivity index (χ1) is 11.5. The highest BCUT2D eigenvalue weighted by Crippen LogP contribution is 2.31. The number of pyridine rings is 1. The Kier molecular flexibility index (Phi) is 4.08. The molecular formula is C19H18N2O3. The van der Waals surface area contributed by atoms with Gasteiger partial charge in [0, 0.05) is 22.4 Å². The first-order valence-electron chi connectivity index (χ1n) is 7.73. The van der Waals surface area contributed by atoms with E-state index in [1.807, 2.05) is 32.0 Å². The Bertz CT molecular complexity index is 967. The molecule has 1 aromatic carbocycles. The highest BCUT2D eigenvalue weighted by Gasteiger charge is 2.15. The fourth-order valence-electron chi connectivity index (χ4n) is 2.72. The maximum absolute atomic E-state index is 11.9. The molecule has 0 aliphatic heterocycles. The number of H-pyrrole nitrogens is 1. The van der Waals surface area contributed by atoms with E-state index in [1.165, 1.54) is 0 Å². The molecule has 0 bridgehead atoms. The number of rotatable bonds is 4. The lowest BCUT2D eigenvalue weighted by molar-refractivity contribution is 0.100. The minimum atomic E-state index is -0.503. The van der Waals surface area contributed by atoms with E-state index in [0.717, 1.165) is 11.3 Å². The Balaban J connectivity index is 2.10. The normalized spacial score (nSPS) is 10.8. The molecule has 3 aromatic rings. The summed E-state index contributed by atoms with van der Waals surface area (Å²) in [6.45, 7) is 3.76. The van der Waals surface area contributed by atoms with Crippen LogP contribution in [0.1, 0.15) is 28.5 Å². The molecule has 0 radical (unpaired) electrons. The standard InChI is InChI=1S/C19H18N2O3/c1-3-12-10-15(11(2)21-19(12)23)17-9-8-16(24-17)13-6-4-5-7-14(13)18(20)22/h4-10H,3H2,1-2H3,(H2,20,22)(H,21,23). The smallest absolute Gasteiger partial charge is 0.251 e. The topological polar surface area (TPSA) is 89.1 Å². The number of aryl methyl sites for hydroxylation is 2. The van der Waals surface area contributed by atoms with Crippen LogP contribution < -0.4 is 11.3 Å². The number of aromatic nitrogens is 1. The summed E-state index contributed by atoms with van der Waals surface area (Å²) in [5.41, 5.74) is 8.67. The Morgan fingerprint density at radius 1 is 1.12 bits per heavy atom. The zero-order valence-corrected chi connectivity index (χ0v) is 13.6. The van der Waals surface area contributed by atoms with Gasteiger partial charge in [0.15, 0.2) is 0 Å². The number of hydrogen-bond donors (Lipinski definition) is 2. The molecule has 2 aromatic heterocycles. The van der Waals surface area contributed by atoms with Crippen molar-refractivity contribution >= 4 is 5.91 Å². The maximum Gasteiger partial charge on any atom is 0.251 e. The molecule has 2 heterocycles. The van der Waals surface area contributed by atoms with Crippen LogP contribution in [0.25, 0.3) is 22.6 Å². The Morgan fingerprint density at radius 3 is 2.46 bits per heavy atom. The predicted octanol–water partition coefficient (Wildman–Crippen LogP) is 3.27. The Morgan fingerprint density at radius 2 is 1.79 bits per heavy atom. The zero-order chi connectivity index (χ0) is 17.3. The van der Waals surface area contributed by atoms with Crippen LogP contribution in [0.3, 0.4) is 0 Å². The molecule has 0 spiro atoms. The number of carbonyl (C=O) groups is 1. The first-order valence-corrected chi connectivity index (χ1v) is 7.73. The fourth-order valence-corrected chi connectivity index (χ4v) is 2.72. The van der Waals surface area contributed by atoms with E-state index in [9.17, 15) is 9.59 Å². The summed E-state index contributed by atoms with van der Waals surface area (Å²) in [5, 5.41) is 0. The predicted molar refractivity (Wildman–Crippen MR) is 92.8 cm³/mol. The van der Waals surface area contributed by atoms with Crippen LogP contribution in [0.5, 0.6) is 0 Å². The number of hydrogen-bond acceptors (Lipinski definition) is 3. The lowest BCUT2D eigenvalue weighted by atomic mass is 10.1. The summed E-state index contributed by atoms with van der Waals surface area (Å²) >= 11 is 0. The second-order valence-corrected chi connectivity index (χ2v) is 5.59. The van der Waals surface area contributed by atoms with E-state index in [1.54, 1.807) is 24.3 Å². The molecule has 3 rings (SSSR count). The van der Waals surface area contributed by atoms with Gasteiger partial charge < -0.3 is 15.1 Å². The van der Waals surface area contributed by atoms with E-state index in [-0.39, 0.29) is 5.56 Å². The van der Waals surface area contributed by atoms with Gasteiger partial charge in [-0.15, -0.1) is 0 Å². The number of nitrogens with one attached hydrogen (secondary N) is 1. The van der Waals surface area contributed by atoms with Gasteiger partial charge in [0.2, 0.25) is 5.91 Å². The van der Waals surface area contributed by atoms with Gasteiger partial charge in [-0.3, -0.25) is 9.59 Å². The minimum absolute atomic E-state index is 0.0791. The Labute approximate surface area is 139 Å². The summed E-state index contributed by atoms with van der Waals surface area (Å²) < 4.78 is 5.94. The van der Waals surface area contributed by atoms with Crippen molar-refractivity contribution < 1.29 is 9.21 Å². The van der Waals surface area contributed by atoms with Gasteiger partial charge in [-0.1, -0.05) is 25.1 Å². The SMILES string of the molecule is CCc1cc(-c2ccc(-c3ccccc3C(N)=O)o2)c(C)[nH]c1=O. The van der Waals surface area contributed by atoms with Crippen molar-refractivity contribution in [2.45, 2.75) is 20.3 Å². The summed E-state index contributed by atoms with van der Waals surface area (Å²) in [7, 11) is 0. The van der Waals surface area contributed by atoms with Gasteiger partial charge >= 0.3 is 0 Å². The van der Waals surface area contributed by atoms with Crippen LogP contribution >= 0.6 is 0 Å². The van der Waals surface area contributed by atoms with Crippen molar-refractivity contribution in [1.82, 2.24) is 4.98 Å². The molecule has 122 valence electrons. The molecule has 0 atom stereocenters. The molecule has 5 heteroatoms. The number of primary amides is 1. The summed E-state index contributed by atoms with van der Waals surface area (Å²) in [4.78, 5) is 26.3. The van der Waals surface area contributed by atoms with Crippen LogP contribution in [-0.4, -0.2) is 10.9 Å². The van der Waals surface area contributed by atoms with E-state index in [4.69, 9.17) is 10.2 Å². The molecule has 0 saturated heterocycles. The van der Waals surface area contributed by atoms with E-state index >= 15 is 0 Å². The van der Waals surface area contributed by atoms with Crippen LogP contribution in [0.15, 0.2) is 51.7 Å². The molecule has 24 heavy (non-hydrogen) atoms. The van der Waals surface area contributed by atoms with Crippen molar-refractivity contribution in [2.75, 3.05) is 0 Å². The fraction of sp³-hybridized carbons (Fsp3) is 0.158. The van der Waals surface area contributed by atoms with Gasteiger partial charge in [-0.2, -0.15) is 0 Å². The van der Waals surface area contributed by atoms with E-state index < -0.39 is 5.91 Å². The van der Waals surface area contributed by atoms with Crippen molar-refractivity contribution in [3.8, 4) is 22.6 Å². The highest BCUT2D eigenvalue weighted by atomic mass is 16.3. The number of benzene rings is 1.